The average Bonchev–Trinajstić information content (AvgIpc) is 2.03. The third-order valence-electron chi connectivity index (χ3n) is 0.404. The average molecular weight is 168 g/mol. The van der Waals surface area contributed by atoms with Gasteiger partial charge in [-0.05, 0) is 18.1 Å². The Morgan fingerprint density at radius 3 is 2.91 bits per heavy atom. The predicted octanol–water partition coefficient (Wildman–Crippen LogP) is 1.09. The monoisotopic (exact) mass is 168 g/mol. The number of terminal acetylenes is 1. The fourth-order valence-corrected chi connectivity index (χ4v) is 0.327. The summed E-state index contributed by atoms with van der Waals surface area (Å²) in [5.74, 6) is 6.71. The molecule has 0 saturated heterocycles. The lowest BCUT2D eigenvalue weighted by atomic mass is 10.7. The largest absolute Gasteiger partial charge is 0.250 e. The zero-order valence-corrected chi connectivity index (χ0v) is 6.53. The molecule has 0 bridgehead atoms. The van der Waals surface area contributed by atoms with Gasteiger partial charge in [0.15, 0.2) is 6.11 Å². The highest BCUT2D eigenvalue weighted by Gasteiger charge is 1.81. The smallest absolute Gasteiger partial charge is 0.174 e. The maximum absolute atomic E-state index is 4.76. The van der Waals surface area contributed by atoms with Crippen LogP contribution in [-0.2, 0) is 14.3 Å². The highest BCUT2D eigenvalue weighted by molar-refractivity contribution is 7.99. The molecule has 0 unspecified atom stereocenters. The van der Waals surface area contributed by atoms with E-state index in [0.29, 0.717) is 0 Å². The Bertz CT molecular complexity index is 245. The molecule has 0 aromatic rings. The van der Waals surface area contributed by atoms with Crippen LogP contribution in [0.2, 0.25) is 0 Å². The van der Waals surface area contributed by atoms with Crippen molar-refractivity contribution in [3.05, 3.63) is 0 Å². The summed E-state index contributed by atoms with van der Waals surface area (Å²) in [5, 5.41) is 6.52. The fraction of sp³-hybridized carbons (Fsp3) is 0.143. The lowest BCUT2D eigenvalue weighted by Gasteiger charge is -1.88. The van der Waals surface area contributed by atoms with Crippen molar-refractivity contribution in [1.29, 1.82) is 0 Å². The van der Waals surface area contributed by atoms with Gasteiger partial charge >= 0.3 is 0 Å². The van der Waals surface area contributed by atoms with Crippen LogP contribution >= 0.6 is 12.0 Å². The van der Waals surface area contributed by atoms with E-state index in [1.165, 1.54) is 0 Å². The van der Waals surface area contributed by atoms with E-state index in [4.69, 9.17) is 6.42 Å². The predicted molar refractivity (Wildman–Crippen MR) is 40.9 cm³/mol. The second-order valence-corrected chi connectivity index (χ2v) is 1.53. The topological polar surface area (TPSA) is 27.7 Å². The molecule has 0 rings (SSSR count). The SMILES string of the molecule is C#CC#COOOSC#CC. The Balaban J connectivity index is 3.14. The van der Waals surface area contributed by atoms with Gasteiger partial charge in [0.2, 0.25) is 0 Å². The number of hydrogen-bond donors (Lipinski definition) is 0. The first-order valence-electron chi connectivity index (χ1n) is 2.45. The molecule has 0 saturated carbocycles. The van der Waals surface area contributed by atoms with Crippen molar-refractivity contribution < 1.29 is 14.3 Å². The lowest BCUT2D eigenvalue weighted by Crippen LogP contribution is -1.81. The van der Waals surface area contributed by atoms with Crippen molar-refractivity contribution in [1.82, 2.24) is 0 Å². The second-order valence-electron chi connectivity index (χ2n) is 1.03. The van der Waals surface area contributed by atoms with Crippen LogP contribution in [0.25, 0.3) is 0 Å². The van der Waals surface area contributed by atoms with Gasteiger partial charge in [0, 0.05) is 11.0 Å². The van der Waals surface area contributed by atoms with E-state index in [-0.39, 0.29) is 0 Å². The summed E-state index contributed by atoms with van der Waals surface area (Å²) >= 11 is 0.784. The first-order valence-corrected chi connectivity index (χ1v) is 3.19. The van der Waals surface area contributed by atoms with Gasteiger partial charge in [-0.25, -0.2) is 0 Å². The van der Waals surface area contributed by atoms with Crippen molar-refractivity contribution in [3.8, 4) is 35.5 Å². The van der Waals surface area contributed by atoms with Crippen LogP contribution in [0.3, 0.4) is 0 Å². The van der Waals surface area contributed by atoms with Gasteiger partial charge in [-0.3, -0.25) is 4.89 Å². The Morgan fingerprint density at radius 2 is 2.27 bits per heavy atom. The fourth-order valence-electron chi connectivity index (χ4n) is 0.154. The maximum Gasteiger partial charge on any atom is 0.174 e. The van der Waals surface area contributed by atoms with Gasteiger partial charge in [0.25, 0.3) is 0 Å². The van der Waals surface area contributed by atoms with Crippen LogP contribution in [0.4, 0.5) is 0 Å². The van der Waals surface area contributed by atoms with E-state index in [2.05, 4.69) is 31.4 Å². The molecule has 3 nitrogen and oxygen atoms in total. The second kappa shape index (κ2) is 8.75. The maximum atomic E-state index is 4.76. The molecule has 0 aliphatic heterocycles. The van der Waals surface area contributed by atoms with Crippen molar-refractivity contribution >= 4 is 12.0 Å². The third kappa shape index (κ3) is 8.75. The Hall–Kier alpha value is -1.25. The van der Waals surface area contributed by atoms with Gasteiger partial charge in [-0.2, -0.15) is 0 Å². The van der Waals surface area contributed by atoms with Gasteiger partial charge < -0.3 is 0 Å². The van der Waals surface area contributed by atoms with Crippen molar-refractivity contribution in [2.75, 3.05) is 0 Å². The molecule has 0 aromatic carbocycles. The van der Waals surface area contributed by atoms with Gasteiger partial charge in [0.05, 0.1) is 0 Å². The molecule has 0 aliphatic rings. The molecule has 0 atom stereocenters. The van der Waals surface area contributed by atoms with E-state index < -0.39 is 0 Å². The molecule has 0 aliphatic carbocycles. The molecule has 4 heteroatoms. The Labute approximate surface area is 69.5 Å². The summed E-state index contributed by atoms with van der Waals surface area (Å²) in [4.78, 5) is 4.11. The highest BCUT2D eigenvalue weighted by Crippen LogP contribution is 1.98. The summed E-state index contributed by atoms with van der Waals surface area (Å²) < 4.78 is 4.27. The number of hydrogen-bond acceptors (Lipinski definition) is 4. The van der Waals surface area contributed by atoms with Crippen LogP contribution in [-0.4, -0.2) is 0 Å². The van der Waals surface area contributed by atoms with Crippen LogP contribution in [0.15, 0.2) is 0 Å². The van der Waals surface area contributed by atoms with Crippen LogP contribution < -0.4 is 0 Å². The Morgan fingerprint density at radius 1 is 1.45 bits per heavy atom. The first-order chi connectivity index (χ1) is 5.41. The minimum absolute atomic E-state index is 0.784. The Kier molecular flexibility index (Phi) is 7.76. The molecule has 56 valence electrons. The normalized spacial score (nSPS) is 6.18. The van der Waals surface area contributed by atoms with Gasteiger partial charge in [-0.15, -0.1) is 10.8 Å². The van der Waals surface area contributed by atoms with Crippen molar-refractivity contribution in [2.45, 2.75) is 6.92 Å². The minimum Gasteiger partial charge on any atom is -0.250 e. The standard InChI is InChI=1S/C7H4O3S/c1-3-5-6-8-9-10-11-7-4-2/h1H,2H3. The third-order valence-corrected chi connectivity index (χ3v) is 0.815. The molecule has 0 heterocycles. The molecule has 0 radical (unpaired) electrons. The summed E-state index contributed by atoms with van der Waals surface area (Å²) in [6.45, 7) is 1.66. The molecule has 0 fully saturated rings. The van der Waals surface area contributed by atoms with E-state index in [0.717, 1.165) is 12.0 Å². The molecule has 0 N–H and O–H groups in total. The zero-order valence-electron chi connectivity index (χ0n) is 5.71. The quantitative estimate of drug-likeness (QED) is 0.207. The summed E-state index contributed by atoms with van der Waals surface area (Å²) in [6.07, 6.45) is 6.78. The molecule has 0 spiro atoms. The molecular formula is C7H4O3S. The van der Waals surface area contributed by atoms with Crippen molar-refractivity contribution in [2.24, 2.45) is 0 Å². The van der Waals surface area contributed by atoms with E-state index >= 15 is 0 Å². The van der Waals surface area contributed by atoms with Gasteiger partial charge in [-0.1, -0.05) is 5.92 Å². The van der Waals surface area contributed by atoms with Gasteiger partial charge in [0.1, 0.15) is 12.0 Å². The molecule has 11 heavy (non-hydrogen) atoms. The molecule has 0 amide bonds. The lowest BCUT2D eigenvalue weighted by molar-refractivity contribution is -0.424. The minimum atomic E-state index is 0.784. The van der Waals surface area contributed by atoms with Crippen molar-refractivity contribution in [3.63, 3.8) is 0 Å². The summed E-state index contributed by atoms with van der Waals surface area (Å²) in [7, 11) is 0. The van der Waals surface area contributed by atoms with E-state index in [1.807, 2.05) is 12.0 Å². The number of rotatable bonds is 3. The first kappa shape index (κ1) is 9.75. The van der Waals surface area contributed by atoms with Crippen LogP contribution in [0.1, 0.15) is 6.92 Å². The summed E-state index contributed by atoms with van der Waals surface area (Å²) in [6, 6.07) is 0. The van der Waals surface area contributed by atoms with Crippen LogP contribution in [0, 0.1) is 35.5 Å². The zero-order chi connectivity index (χ0) is 8.36. The summed E-state index contributed by atoms with van der Waals surface area (Å²) in [5.41, 5.74) is 0. The van der Waals surface area contributed by atoms with E-state index in [1.54, 1.807) is 6.92 Å². The van der Waals surface area contributed by atoms with Crippen LogP contribution in [0.5, 0.6) is 0 Å². The molecule has 0 aromatic heterocycles. The molecular weight excluding hydrogens is 164 g/mol. The highest BCUT2D eigenvalue weighted by atomic mass is 32.2. The van der Waals surface area contributed by atoms with E-state index in [9.17, 15) is 0 Å².